The van der Waals surface area contributed by atoms with E-state index < -0.39 is 0 Å². The minimum atomic E-state index is -0.172. The van der Waals surface area contributed by atoms with Gasteiger partial charge in [-0.3, -0.25) is 9.80 Å². The lowest BCUT2D eigenvalue weighted by Crippen LogP contribution is -2.54. The molecule has 1 aliphatic rings. The maximum absolute atomic E-state index is 13.3. The molecule has 2 rings (SSSR count). The van der Waals surface area contributed by atoms with Crippen molar-refractivity contribution in [3.8, 4) is 0 Å². The van der Waals surface area contributed by atoms with Gasteiger partial charge in [-0.15, -0.1) is 0 Å². The van der Waals surface area contributed by atoms with E-state index >= 15 is 0 Å². The second-order valence-electron chi connectivity index (χ2n) is 5.34. The molecule has 1 fully saturated rings. The molecule has 2 atom stereocenters. The van der Waals surface area contributed by atoms with Gasteiger partial charge in [0.1, 0.15) is 5.82 Å². The van der Waals surface area contributed by atoms with E-state index in [-0.39, 0.29) is 5.82 Å². The molecule has 18 heavy (non-hydrogen) atoms. The Labute approximate surface area is 117 Å². The molecule has 0 N–H and O–H groups in total. The standard InChI is InChI=1S/C14H20BrFN2/c1-10-7-18(8-11(2)17(10)3)9-12-4-13(15)6-14(16)5-12/h4-6,10-11H,7-9H2,1-3H3. The van der Waals surface area contributed by atoms with Crippen LogP contribution in [0.2, 0.25) is 0 Å². The second kappa shape index (κ2) is 5.68. The normalized spacial score (nSPS) is 26.5. The fourth-order valence-electron chi connectivity index (χ4n) is 2.60. The molecule has 100 valence electrons. The Hall–Kier alpha value is -0.450. The Balaban J connectivity index is 2.05. The van der Waals surface area contributed by atoms with Crippen molar-refractivity contribution >= 4 is 15.9 Å². The lowest BCUT2D eigenvalue weighted by molar-refractivity contribution is 0.0556. The summed E-state index contributed by atoms with van der Waals surface area (Å²) in [5.74, 6) is -0.172. The SMILES string of the molecule is CC1CN(Cc2cc(F)cc(Br)c2)CC(C)N1C. The van der Waals surface area contributed by atoms with Gasteiger partial charge >= 0.3 is 0 Å². The van der Waals surface area contributed by atoms with Crippen LogP contribution in [0.1, 0.15) is 19.4 Å². The molecule has 2 unspecified atom stereocenters. The first-order valence-electron chi connectivity index (χ1n) is 6.35. The summed E-state index contributed by atoms with van der Waals surface area (Å²) < 4.78 is 14.2. The number of hydrogen-bond donors (Lipinski definition) is 0. The maximum atomic E-state index is 13.3. The van der Waals surface area contributed by atoms with Gasteiger partial charge in [0.05, 0.1) is 0 Å². The molecule has 4 heteroatoms. The third-order valence-electron chi connectivity index (χ3n) is 3.76. The van der Waals surface area contributed by atoms with E-state index in [2.05, 4.69) is 46.6 Å². The van der Waals surface area contributed by atoms with Gasteiger partial charge in [-0.05, 0) is 44.7 Å². The third-order valence-corrected chi connectivity index (χ3v) is 4.22. The van der Waals surface area contributed by atoms with E-state index in [0.29, 0.717) is 12.1 Å². The van der Waals surface area contributed by atoms with Gasteiger partial charge in [-0.1, -0.05) is 15.9 Å². The summed E-state index contributed by atoms with van der Waals surface area (Å²) in [6.07, 6.45) is 0. The van der Waals surface area contributed by atoms with Crippen molar-refractivity contribution in [1.82, 2.24) is 9.80 Å². The molecule has 1 aromatic rings. The molecule has 0 saturated carbocycles. The summed E-state index contributed by atoms with van der Waals surface area (Å²) in [5.41, 5.74) is 1.03. The van der Waals surface area contributed by atoms with Crippen molar-refractivity contribution in [3.05, 3.63) is 34.1 Å². The van der Waals surface area contributed by atoms with Crippen LogP contribution in [0.15, 0.2) is 22.7 Å². The van der Waals surface area contributed by atoms with Crippen molar-refractivity contribution in [2.24, 2.45) is 0 Å². The predicted molar refractivity (Wildman–Crippen MR) is 76.1 cm³/mol. The summed E-state index contributed by atoms with van der Waals surface area (Å²) in [6.45, 7) is 7.37. The molecular weight excluding hydrogens is 295 g/mol. The van der Waals surface area contributed by atoms with Crippen LogP contribution in [-0.4, -0.2) is 42.0 Å². The largest absolute Gasteiger partial charge is 0.298 e. The minimum Gasteiger partial charge on any atom is -0.298 e. The summed E-state index contributed by atoms with van der Waals surface area (Å²) in [5, 5.41) is 0. The van der Waals surface area contributed by atoms with Crippen LogP contribution in [0.3, 0.4) is 0 Å². The van der Waals surface area contributed by atoms with Crippen LogP contribution in [0, 0.1) is 5.82 Å². The van der Waals surface area contributed by atoms with Gasteiger partial charge in [0.25, 0.3) is 0 Å². The molecule has 0 radical (unpaired) electrons. The van der Waals surface area contributed by atoms with Gasteiger partial charge in [-0.25, -0.2) is 4.39 Å². The molecule has 1 saturated heterocycles. The van der Waals surface area contributed by atoms with E-state index in [9.17, 15) is 4.39 Å². The van der Waals surface area contributed by atoms with Crippen molar-refractivity contribution in [1.29, 1.82) is 0 Å². The van der Waals surface area contributed by atoms with Crippen LogP contribution in [0.4, 0.5) is 4.39 Å². The lowest BCUT2D eigenvalue weighted by atomic mass is 10.1. The predicted octanol–water partition coefficient (Wildman–Crippen LogP) is 3.11. The number of piperazine rings is 1. The highest BCUT2D eigenvalue weighted by Crippen LogP contribution is 2.19. The molecule has 0 aromatic heterocycles. The fourth-order valence-corrected chi connectivity index (χ4v) is 3.12. The molecule has 1 aromatic carbocycles. The van der Waals surface area contributed by atoms with Crippen molar-refractivity contribution in [3.63, 3.8) is 0 Å². The lowest BCUT2D eigenvalue weighted by Gasteiger charge is -2.42. The first-order valence-corrected chi connectivity index (χ1v) is 7.14. The zero-order valence-corrected chi connectivity index (χ0v) is 12.7. The van der Waals surface area contributed by atoms with E-state index in [1.54, 1.807) is 6.07 Å². The van der Waals surface area contributed by atoms with Crippen LogP contribution >= 0.6 is 15.9 Å². The van der Waals surface area contributed by atoms with E-state index in [0.717, 1.165) is 29.7 Å². The summed E-state index contributed by atoms with van der Waals surface area (Å²) in [4.78, 5) is 4.80. The first-order chi connectivity index (χ1) is 8.45. The summed E-state index contributed by atoms with van der Waals surface area (Å²) in [7, 11) is 2.17. The van der Waals surface area contributed by atoms with Crippen LogP contribution in [-0.2, 0) is 6.54 Å². The summed E-state index contributed by atoms with van der Waals surface area (Å²) in [6, 6.07) is 6.21. The molecule has 0 aliphatic carbocycles. The Morgan fingerprint density at radius 1 is 1.22 bits per heavy atom. The number of halogens is 2. The van der Waals surface area contributed by atoms with E-state index in [1.807, 2.05) is 6.07 Å². The Morgan fingerprint density at radius 2 is 1.83 bits per heavy atom. The maximum Gasteiger partial charge on any atom is 0.124 e. The van der Waals surface area contributed by atoms with Gasteiger partial charge in [0.15, 0.2) is 0 Å². The molecule has 0 bridgehead atoms. The van der Waals surface area contributed by atoms with Crippen LogP contribution in [0.25, 0.3) is 0 Å². The highest BCUT2D eigenvalue weighted by Gasteiger charge is 2.26. The van der Waals surface area contributed by atoms with Crippen LogP contribution in [0.5, 0.6) is 0 Å². The number of nitrogens with zero attached hydrogens (tertiary/aromatic N) is 2. The molecular formula is C14H20BrFN2. The monoisotopic (exact) mass is 314 g/mol. The second-order valence-corrected chi connectivity index (χ2v) is 6.25. The van der Waals surface area contributed by atoms with Gasteiger partial charge < -0.3 is 0 Å². The number of hydrogen-bond acceptors (Lipinski definition) is 2. The Bertz CT molecular complexity index is 392. The van der Waals surface area contributed by atoms with Crippen molar-refractivity contribution in [2.75, 3.05) is 20.1 Å². The quantitative estimate of drug-likeness (QED) is 0.827. The van der Waals surface area contributed by atoms with Gasteiger partial charge in [0, 0.05) is 36.2 Å². The third kappa shape index (κ3) is 3.31. The summed E-state index contributed by atoms with van der Waals surface area (Å²) >= 11 is 3.34. The minimum absolute atomic E-state index is 0.172. The molecule has 2 nitrogen and oxygen atoms in total. The van der Waals surface area contributed by atoms with Crippen molar-refractivity contribution < 1.29 is 4.39 Å². The average Bonchev–Trinajstić information content (AvgIpc) is 2.24. The smallest absolute Gasteiger partial charge is 0.124 e. The first kappa shape index (κ1) is 14.0. The molecule has 0 spiro atoms. The van der Waals surface area contributed by atoms with Gasteiger partial charge in [-0.2, -0.15) is 0 Å². The number of benzene rings is 1. The number of likely N-dealkylation sites (N-methyl/N-ethyl adjacent to an activating group) is 1. The fraction of sp³-hybridized carbons (Fsp3) is 0.571. The Morgan fingerprint density at radius 3 is 2.39 bits per heavy atom. The van der Waals surface area contributed by atoms with E-state index in [4.69, 9.17) is 0 Å². The van der Waals surface area contributed by atoms with Crippen molar-refractivity contribution in [2.45, 2.75) is 32.5 Å². The highest BCUT2D eigenvalue weighted by molar-refractivity contribution is 9.10. The van der Waals surface area contributed by atoms with Gasteiger partial charge in [0.2, 0.25) is 0 Å². The zero-order valence-electron chi connectivity index (χ0n) is 11.2. The zero-order chi connectivity index (χ0) is 13.3. The molecule has 1 aliphatic heterocycles. The topological polar surface area (TPSA) is 6.48 Å². The molecule has 1 heterocycles. The van der Waals surface area contributed by atoms with E-state index in [1.165, 1.54) is 6.07 Å². The number of rotatable bonds is 2. The highest BCUT2D eigenvalue weighted by atomic mass is 79.9. The average molecular weight is 315 g/mol. The molecule has 0 amide bonds. The Kier molecular flexibility index (Phi) is 4.41. The van der Waals surface area contributed by atoms with Crippen LogP contribution < -0.4 is 0 Å².